The number of hydrogen-bond acceptors (Lipinski definition) is 2. The van der Waals surface area contributed by atoms with E-state index in [4.69, 9.17) is 16.3 Å². The van der Waals surface area contributed by atoms with E-state index in [2.05, 4.69) is 5.32 Å². The van der Waals surface area contributed by atoms with E-state index in [1.54, 1.807) is 0 Å². The molecule has 1 saturated heterocycles. The molecule has 1 heterocycles. The van der Waals surface area contributed by atoms with Crippen LogP contribution in [0, 0.1) is 0 Å². The second kappa shape index (κ2) is 6.76. The van der Waals surface area contributed by atoms with E-state index in [1.165, 1.54) is 5.56 Å². The van der Waals surface area contributed by atoms with E-state index in [0.717, 1.165) is 31.4 Å². The van der Waals surface area contributed by atoms with Crippen LogP contribution in [0.15, 0.2) is 24.3 Å². The van der Waals surface area contributed by atoms with Crippen molar-refractivity contribution in [2.24, 2.45) is 0 Å². The van der Waals surface area contributed by atoms with E-state index < -0.39 is 0 Å². The summed E-state index contributed by atoms with van der Waals surface area (Å²) in [5.41, 5.74) is 1.99. The third kappa shape index (κ3) is 3.72. The van der Waals surface area contributed by atoms with Gasteiger partial charge in [0, 0.05) is 18.2 Å². The predicted molar refractivity (Wildman–Crippen MR) is 73.1 cm³/mol. The van der Waals surface area contributed by atoms with E-state index in [1.807, 2.05) is 24.3 Å². The van der Waals surface area contributed by atoms with Gasteiger partial charge in [-0.05, 0) is 43.4 Å². The van der Waals surface area contributed by atoms with Crippen LogP contribution in [0.3, 0.4) is 0 Å². The summed E-state index contributed by atoms with van der Waals surface area (Å²) >= 11 is 5.68. The maximum absolute atomic E-state index is 11.9. The number of alkyl halides is 1. The number of benzene rings is 1. The minimum absolute atomic E-state index is 0.0419. The second-order valence-electron chi connectivity index (χ2n) is 4.48. The number of aryl methyl sites for hydroxylation is 1. The van der Waals surface area contributed by atoms with Crippen LogP contribution >= 0.6 is 11.6 Å². The largest absolute Gasteiger partial charge is 0.368 e. The molecule has 2 rings (SSSR count). The smallest absolute Gasteiger partial charge is 0.253 e. The quantitative estimate of drug-likeness (QED) is 0.852. The summed E-state index contributed by atoms with van der Waals surface area (Å²) in [7, 11) is 0. The predicted octanol–water partition coefficient (Wildman–Crippen LogP) is 2.98. The van der Waals surface area contributed by atoms with Crippen LogP contribution in [0.25, 0.3) is 0 Å². The number of hydrogen-bond donors (Lipinski definition) is 1. The lowest BCUT2D eigenvalue weighted by molar-refractivity contribution is -0.129. The van der Waals surface area contributed by atoms with Crippen molar-refractivity contribution in [1.29, 1.82) is 0 Å². The van der Waals surface area contributed by atoms with Crippen LogP contribution in [0.1, 0.15) is 24.8 Å². The zero-order valence-corrected chi connectivity index (χ0v) is 11.1. The molecular weight excluding hydrogens is 250 g/mol. The summed E-state index contributed by atoms with van der Waals surface area (Å²) in [6.45, 7) is 0.687. The summed E-state index contributed by atoms with van der Waals surface area (Å²) in [6.07, 6.45) is 3.49. The standard InChI is InChI=1S/C14H18ClNO2/c15-9-8-11-4-6-12(7-5-11)16-14(17)13-3-1-2-10-18-13/h4-7,13H,1-3,8-10H2,(H,16,17). The van der Waals surface area contributed by atoms with E-state index in [9.17, 15) is 4.79 Å². The monoisotopic (exact) mass is 267 g/mol. The van der Waals surface area contributed by atoms with Gasteiger partial charge in [-0.1, -0.05) is 12.1 Å². The first-order valence-corrected chi connectivity index (χ1v) is 6.90. The molecule has 1 fully saturated rings. The number of nitrogens with one attached hydrogen (secondary N) is 1. The van der Waals surface area contributed by atoms with Gasteiger partial charge < -0.3 is 10.1 Å². The lowest BCUT2D eigenvalue weighted by Gasteiger charge is -2.21. The fourth-order valence-corrected chi connectivity index (χ4v) is 2.25. The minimum atomic E-state index is -0.290. The Hall–Kier alpha value is -1.06. The van der Waals surface area contributed by atoms with Crippen molar-refractivity contribution in [3.05, 3.63) is 29.8 Å². The number of halogens is 1. The SMILES string of the molecule is O=C(Nc1ccc(CCCl)cc1)C1CCCCO1. The highest BCUT2D eigenvalue weighted by Gasteiger charge is 2.21. The number of ether oxygens (including phenoxy) is 1. The number of anilines is 1. The van der Waals surface area contributed by atoms with Crippen molar-refractivity contribution < 1.29 is 9.53 Å². The molecule has 0 aliphatic carbocycles. The zero-order valence-electron chi connectivity index (χ0n) is 10.3. The summed E-state index contributed by atoms with van der Waals surface area (Å²) in [6, 6.07) is 7.78. The molecule has 1 unspecified atom stereocenters. The molecule has 98 valence electrons. The molecule has 1 aromatic rings. The van der Waals surface area contributed by atoms with Gasteiger partial charge in [-0.25, -0.2) is 0 Å². The first-order chi connectivity index (χ1) is 8.79. The summed E-state index contributed by atoms with van der Waals surface area (Å²) in [5, 5.41) is 2.88. The van der Waals surface area contributed by atoms with Crippen LogP contribution < -0.4 is 5.32 Å². The first-order valence-electron chi connectivity index (χ1n) is 6.37. The van der Waals surface area contributed by atoms with Crippen molar-refractivity contribution in [2.75, 3.05) is 17.8 Å². The average molecular weight is 268 g/mol. The zero-order chi connectivity index (χ0) is 12.8. The van der Waals surface area contributed by atoms with Crippen molar-refractivity contribution in [1.82, 2.24) is 0 Å². The molecule has 18 heavy (non-hydrogen) atoms. The van der Waals surface area contributed by atoms with E-state index >= 15 is 0 Å². The molecule has 3 nitrogen and oxygen atoms in total. The molecule has 1 aliphatic heterocycles. The molecule has 0 aromatic heterocycles. The van der Waals surface area contributed by atoms with Gasteiger partial charge >= 0.3 is 0 Å². The van der Waals surface area contributed by atoms with Gasteiger partial charge in [0.1, 0.15) is 6.10 Å². The Morgan fingerprint density at radius 2 is 2.11 bits per heavy atom. The summed E-state index contributed by atoms with van der Waals surface area (Å²) in [5.74, 6) is 0.571. The van der Waals surface area contributed by atoms with Gasteiger partial charge in [-0.2, -0.15) is 0 Å². The number of rotatable bonds is 4. The van der Waals surface area contributed by atoms with Gasteiger partial charge in [0.05, 0.1) is 0 Å². The number of amides is 1. The van der Waals surface area contributed by atoms with Crippen LogP contribution in [-0.4, -0.2) is 24.5 Å². The highest BCUT2D eigenvalue weighted by molar-refractivity contribution is 6.17. The van der Waals surface area contributed by atoms with Crippen molar-refractivity contribution in [3.63, 3.8) is 0 Å². The lowest BCUT2D eigenvalue weighted by Crippen LogP contribution is -2.33. The Morgan fingerprint density at radius 1 is 1.33 bits per heavy atom. The molecule has 0 saturated carbocycles. The fraction of sp³-hybridized carbons (Fsp3) is 0.500. The molecule has 0 spiro atoms. The van der Waals surface area contributed by atoms with Crippen molar-refractivity contribution in [2.45, 2.75) is 31.8 Å². The fourth-order valence-electron chi connectivity index (χ4n) is 2.03. The van der Waals surface area contributed by atoms with Crippen LogP contribution in [0.5, 0.6) is 0 Å². The molecule has 1 N–H and O–H groups in total. The van der Waals surface area contributed by atoms with Gasteiger partial charge in [0.2, 0.25) is 0 Å². The molecule has 0 bridgehead atoms. The van der Waals surface area contributed by atoms with Crippen LogP contribution in [0.2, 0.25) is 0 Å². The summed E-state index contributed by atoms with van der Waals surface area (Å²) < 4.78 is 5.44. The molecule has 1 aromatic carbocycles. The average Bonchev–Trinajstić information content (AvgIpc) is 2.42. The second-order valence-corrected chi connectivity index (χ2v) is 4.86. The number of carbonyl (C=O) groups excluding carboxylic acids is 1. The van der Waals surface area contributed by atoms with Crippen molar-refractivity contribution in [3.8, 4) is 0 Å². The van der Waals surface area contributed by atoms with E-state index in [-0.39, 0.29) is 12.0 Å². The molecule has 1 aliphatic rings. The van der Waals surface area contributed by atoms with Gasteiger partial charge in [-0.3, -0.25) is 4.79 Å². The Balaban J connectivity index is 1.89. The molecule has 1 amide bonds. The van der Waals surface area contributed by atoms with Crippen LogP contribution in [0.4, 0.5) is 5.69 Å². The Morgan fingerprint density at radius 3 is 2.72 bits per heavy atom. The highest BCUT2D eigenvalue weighted by atomic mass is 35.5. The minimum Gasteiger partial charge on any atom is -0.368 e. The highest BCUT2D eigenvalue weighted by Crippen LogP contribution is 2.16. The van der Waals surface area contributed by atoms with Gasteiger partial charge in [-0.15, -0.1) is 11.6 Å². The van der Waals surface area contributed by atoms with E-state index in [0.29, 0.717) is 12.5 Å². The molecule has 1 atom stereocenters. The number of carbonyl (C=O) groups is 1. The maximum Gasteiger partial charge on any atom is 0.253 e. The topological polar surface area (TPSA) is 38.3 Å². The third-order valence-electron chi connectivity index (χ3n) is 3.08. The van der Waals surface area contributed by atoms with Crippen LogP contribution in [-0.2, 0) is 16.0 Å². The Labute approximate surface area is 112 Å². The summed E-state index contributed by atoms with van der Waals surface area (Å²) in [4.78, 5) is 11.9. The Bertz CT molecular complexity index is 385. The Kier molecular flexibility index (Phi) is 5.02. The normalized spacial score (nSPS) is 19.5. The lowest BCUT2D eigenvalue weighted by atomic mass is 10.1. The van der Waals surface area contributed by atoms with Gasteiger partial charge in [0.15, 0.2) is 0 Å². The first kappa shape index (κ1) is 13.4. The maximum atomic E-state index is 11.9. The molecule has 4 heteroatoms. The van der Waals surface area contributed by atoms with Gasteiger partial charge in [0.25, 0.3) is 5.91 Å². The third-order valence-corrected chi connectivity index (χ3v) is 3.27. The molecule has 0 radical (unpaired) electrons. The van der Waals surface area contributed by atoms with Crippen molar-refractivity contribution >= 4 is 23.2 Å². The molecular formula is C14H18ClNO2.